The van der Waals surface area contributed by atoms with Crippen LogP contribution in [-0.2, 0) is 0 Å². The predicted molar refractivity (Wildman–Crippen MR) is 75.5 cm³/mol. The summed E-state index contributed by atoms with van der Waals surface area (Å²) < 4.78 is 0. The van der Waals surface area contributed by atoms with Crippen molar-refractivity contribution in [1.82, 2.24) is 4.90 Å². The van der Waals surface area contributed by atoms with Crippen LogP contribution in [0.4, 0.5) is 0 Å². The summed E-state index contributed by atoms with van der Waals surface area (Å²) in [5.41, 5.74) is 1.12. The van der Waals surface area contributed by atoms with Gasteiger partial charge in [-0.2, -0.15) is 0 Å². The second-order valence-electron chi connectivity index (χ2n) is 4.36. The number of hydrogen-bond donors (Lipinski definition) is 0. The molecule has 1 aromatic carbocycles. The number of rotatable bonds is 1. The minimum Gasteiger partial charge on any atom is -0.292 e. The van der Waals surface area contributed by atoms with Crippen LogP contribution < -0.4 is 0 Å². The van der Waals surface area contributed by atoms with Gasteiger partial charge in [-0.05, 0) is 38.1 Å². The predicted octanol–water partition coefficient (Wildman–Crippen LogP) is 3.34. The summed E-state index contributed by atoms with van der Waals surface area (Å²) in [6.07, 6.45) is 5.46. The van der Waals surface area contributed by atoms with Crippen LogP contribution in [0.1, 0.15) is 31.2 Å². The van der Waals surface area contributed by atoms with Crippen molar-refractivity contribution in [2.24, 2.45) is 0 Å². The lowest BCUT2D eigenvalue weighted by Crippen LogP contribution is -2.24. The van der Waals surface area contributed by atoms with E-state index in [0.717, 1.165) is 12.1 Å². The second-order valence-corrected chi connectivity index (χ2v) is 4.36. The van der Waals surface area contributed by atoms with Gasteiger partial charge in [0.2, 0.25) is 0 Å². The first kappa shape index (κ1) is 14.1. The summed E-state index contributed by atoms with van der Waals surface area (Å²) in [5.74, 6) is 6.50. The molecule has 2 heteroatoms. The minimum absolute atomic E-state index is 0. The third-order valence-corrected chi connectivity index (χ3v) is 3.01. The molecule has 0 N–H and O–H groups in total. The van der Waals surface area contributed by atoms with E-state index in [-0.39, 0.29) is 12.4 Å². The molecule has 1 aliphatic heterocycles. The van der Waals surface area contributed by atoms with Crippen molar-refractivity contribution < 1.29 is 0 Å². The SMILES string of the molecule is C(#Cc1ccccc1)CN1CCCCCC1.Cl. The Morgan fingerprint density at radius 3 is 2.24 bits per heavy atom. The molecule has 0 aromatic heterocycles. The summed E-state index contributed by atoms with van der Waals surface area (Å²) in [6, 6.07) is 10.2. The van der Waals surface area contributed by atoms with Gasteiger partial charge in [0.15, 0.2) is 0 Å². The van der Waals surface area contributed by atoms with E-state index in [0.29, 0.717) is 0 Å². The van der Waals surface area contributed by atoms with Crippen LogP contribution in [0, 0.1) is 11.8 Å². The number of likely N-dealkylation sites (tertiary alicyclic amines) is 1. The van der Waals surface area contributed by atoms with Gasteiger partial charge in [0.05, 0.1) is 6.54 Å². The third-order valence-electron chi connectivity index (χ3n) is 3.01. The lowest BCUT2D eigenvalue weighted by molar-refractivity contribution is 0.320. The van der Waals surface area contributed by atoms with Crippen LogP contribution in [0.3, 0.4) is 0 Å². The average Bonchev–Trinajstić information content (AvgIpc) is 2.59. The maximum absolute atomic E-state index is 3.28. The van der Waals surface area contributed by atoms with E-state index in [9.17, 15) is 0 Å². The van der Waals surface area contributed by atoms with Gasteiger partial charge in [-0.25, -0.2) is 0 Å². The van der Waals surface area contributed by atoms with Crippen LogP contribution in [0.25, 0.3) is 0 Å². The van der Waals surface area contributed by atoms with E-state index < -0.39 is 0 Å². The molecule has 2 rings (SSSR count). The van der Waals surface area contributed by atoms with E-state index in [1.54, 1.807) is 0 Å². The molecular formula is C15H20ClN. The minimum atomic E-state index is 0. The van der Waals surface area contributed by atoms with Crippen molar-refractivity contribution >= 4 is 12.4 Å². The van der Waals surface area contributed by atoms with Gasteiger partial charge < -0.3 is 0 Å². The normalized spacial score (nSPS) is 16.2. The lowest BCUT2D eigenvalue weighted by Gasteiger charge is -2.15. The van der Waals surface area contributed by atoms with Crippen LogP contribution in [0.15, 0.2) is 30.3 Å². The Morgan fingerprint density at radius 2 is 1.59 bits per heavy atom. The molecule has 1 heterocycles. The Labute approximate surface area is 111 Å². The number of benzene rings is 1. The maximum Gasteiger partial charge on any atom is 0.0605 e. The fraction of sp³-hybridized carbons (Fsp3) is 0.467. The topological polar surface area (TPSA) is 3.24 Å². The summed E-state index contributed by atoms with van der Waals surface area (Å²) >= 11 is 0. The molecule has 0 unspecified atom stereocenters. The highest BCUT2D eigenvalue weighted by molar-refractivity contribution is 5.85. The van der Waals surface area contributed by atoms with Crippen LogP contribution in [0.2, 0.25) is 0 Å². The summed E-state index contributed by atoms with van der Waals surface area (Å²) in [7, 11) is 0. The Hall–Kier alpha value is -0.970. The largest absolute Gasteiger partial charge is 0.292 e. The molecule has 0 radical (unpaired) electrons. The molecule has 1 fully saturated rings. The summed E-state index contributed by atoms with van der Waals surface area (Å²) in [6.45, 7) is 3.38. The van der Waals surface area contributed by atoms with E-state index >= 15 is 0 Å². The van der Waals surface area contributed by atoms with Gasteiger partial charge in [-0.15, -0.1) is 12.4 Å². The molecule has 0 saturated carbocycles. The lowest BCUT2D eigenvalue weighted by atomic mass is 10.2. The van der Waals surface area contributed by atoms with Crippen molar-refractivity contribution in [3.8, 4) is 11.8 Å². The Morgan fingerprint density at radius 1 is 0.941 bits per heavy atom. The molecule has 1 aromatic rings. The van der Waals surface area contributed by atoms with Crippen molar-refractivity contribution in [1.29, 1.82) is 0 Å². The molecule has 0 atom stereocenters. The van der Waals surface area contributed by atoms with E-state index in [1.807, 2.05) is 18.2 Å². The van der Waals surface area contributed by atoms with Crippen molar-refractivity contribution in [3.05, 3.63) is 35.9 Å². The van der Waals surface area contributed by atoms with Gasteiger partial charge in [0.25, 0.3) is 0 Å². The average molecular weight is 250 g/mol. The molecule has 92 valence electrons. The molecule has 0 spiro atoms. The highest BCUT2D eigenvalue weighted by Gasteiger charge is 2.06. The molecule has 1 saturated heterocycles. The van der Waals surface area contributed by atoms with Crippen LogP contribution >= 0.6 is 12.4 Å². The summed E-state index contributed by atoms with van der Waals surface area (Å²) in [4.78, 5) is 2.48. The zero-order valence-electron chi connectivity index (χ0n) is 10.2. The van der Waals surface area contributed by atoms with Crippen molar-refractivity contribution in [2.75, 3.05) is 19.6 Å². The first-order valence-electron chi connectivity index (χ1n) is 6.21. The first-order valence-corrected chi connectivity index (χ1v) is 6.21. The smallest absolute Gasteiger partial charge is 0.0605 e. The molecule has 17 heavy (non-hydrogen) atoms. The zero-order valence-corrected chi connectivity index (χ0v) is 11.0. The maximum atomic E-state index is 3.28. The number of hydrogen-bond acceptors (Lipinski definition) is 1. The monoisotopic (exact) mass is 249 g/mol. The molecule has 0 aliphatic carbocycles. The Bertz CT molecular complexity index is 356. The molecule has 0 bridgehead atoms. The molecule has 0 amide bonds. The van der Waals surface area contributed by atoms with Gasteiger partial charge in [0.1, 0.15) is 0 Å². The highest BCUT2D eigenvalue weighted by Crippen LogP contribution is 2.08. The number of nitrogens with zero attached hydrogens (tertiary/aromatic N) is 1. The van der Waals surface area contributed by atoms with E-state index in [4.69, 9.17) is 0 Å². The molecular weight excluding hydrogens is 230 g/mol. The first-order chi connectivity index (χ1) is 7.95. The van der Waals surface area contributed by atoms with Gasteiger partial charge in [0, 0.05) is 5.56 Å². The van der Waals surface area contributed by atoms with E-state index in [2.05, 4.69) is 28.9 Å². The summed E-state index contributed by atoms with van der Waals surface area (Å²) in [5, 5.41) is 0. The Kier molecular flexibility index (Phi) is 6.77. The van der Waals surface area contributed by atoms with Crippen LogP contribution in [0.5, 0.6) is 0 Å². The van der Waals surface area contributed by atoms with Crippen LogP contribution in [-0.4, -0.2) is 24.5 Å². The second kappa shape index (κ2) is 8.17. The van der Waals surface area contributed by atoms with Crippen molar-refractivity contribution in [2.45, 2.75) is 25.7 Å². The Balaban J connectivity index is 0.00000144. The van der Waals surface area contributed by atoms with Gasteiger partial charge in [-0.1, -0.05) is 42.9 Å². The van der Waals surface area contributed by atoms with Gasteiger partial charge >= 0.3 is 0 Å². The fourth-order valence-electron chi connectivity index (χ4n) is 2.07. The standard InChI is InChI=1S/C15H19N.ClH/c1-2-7-13-16(12-6-1)14-8-11-15-9-4-3-5-10-15;/h3-5,9-10H,1-2,6-7,12-14H2;1H. The molecule has 1 aliphatic rings. The van der Waals surface area contributed by atoms with Gasteiger partial charge in [-0.3, -0.25) is 4.90 Å². The quantitative estimate of drug-likeness (QED) is 0.690. The van der Waals surface area contributed by atoms with E-state index in [1.165, 1.54) is 38.8 Å². The fourth-order valence-corrected chi connectivity index (χ4v) is 2.07. The molecule has 1 nitrogen and oxygen atoms in total. The number of halogens is 1. The highest BCUT2D eigenvalue weighted by atomic mass is 35.5. The van der Waals surface area contributed by atoms with Crippen molar-refractivity contribution in [3.63, 3.8) is 0 Å². The third kappa shape index (κ3) is 5.26. The zero-order chi connectivity index (χ0) is 11.1.